The molecule has 2 rings (SSSR count). The average Bonchev–Trinajstić information content (AvgIpc) is 2.35. The second-order valence-electron chi connectivity index (χ2n) is 3.77. The lowest BCUT2D eigenvalue weighted by molar-refractivity contribution is 0.879. The van der Waals surface area contributed by atoms with Gasteiger partial charge in [0.2, 0.25) is 0 Å². The van der Waals surface area contributed by atoms with Crippen molar-refractivity contribution < 1.29 is 0 Å². The summed E-state index contributed by atoms with van der Waals surface area (Å²) in [4.78, 5) is 4.01. The third kappa shape index (κ3) is 3.20. The molecule has 0 fully saturated rings. The molecule has 1 heterocycles. The van der Waals surface area contributed by atoms with E-state index in [-0.39, 0.29) is 6.04 Å². The zero-order chi connectivity index (χ0) is 12.3. The molecule has 0 aliphatic heterocycles. The smallest absolute Gasteiger partial charge is 0.0504 e. The molecule has 1 N–H and O–H groups in total. The molecule has 0 radical (unpaired) electrons. The van der Waals surface area contributed by atoms with Crippen molar-refractivity contribution in [2.45, 2.75) is 13.0 Å². The van der Waals surface area contributed by atoms with E-state index in [0.717, 1.165) is 15.2 Å². The van der Waals surface area contributed by atoms with Crippen LogP contribution >= 0.6 is 27.5 Å². The van der Waals surface area contributed by atoms with Crippen molar-refractivity contribution >= 4 is 33.2 Å². The van der Waals surface area contributed by atoms with Gasteiger partial charge < -0.3 is 5.32 Å². The Labute approximate surface area is 114 Å². The first kappa shape index (κ1) is 12.4. The van der Waals surface area contributed by atoms with Crippen LogP contribution in [-0.4, -0.2) is 4.98 Å². The molecule has 4 heteroatoms. The molecule has 0 aliphatic rings. The van der Waals surface area contributed by atoms with Crippen LogP contribution in [0.4, 0.5) is 5.69 Å². The summed E-state index contributed by atoms with van der Waals surface area (Å²) in [5.74, 6) is 0. The van der Waals surface area contributed by atoms with E-state index in [1.807, 2.05) is 30.3 Å². The number of hydrogen-bond donors (Lipinski definition) is 1. The lowest BCUT2D eigenvalue weighted by Gasteiger charge is -2.16. The minimum Gasteiger partial charge on any atom is -0.378 e. The van der Waals surface area contributed by atoms with Crippen molar-refractivity contribution in [3.05, 3.63) is 57.8 Å². The van der Waals surface area contributed by atoms with E-state index in [2.05, 4.69) is 33.2 Å². The maximum Gasteiger partial charge on any atom is 0.0504 e. The summed E-state index contributed by atoms with van der Waals surface area (Å²) in [6, 6.07) is 9.89. The first-order valence-electron chi connectivity index (χ1n) is 5.28. The Kier molecular flexibility index (Phi) is 4.02. The summed E-state index contributed by atoms with van der Waals surface area (Å²) in [6.45, 7) is 2.10. The highest BCUT2D eigenvalue weighted by Gasteiger charge is 2.07. The van der Waals surface area contributed by atoms with Crippen LogP contribution in [0, 0.1) is 0 Å². The Hall–Kier alpha value is -1.06. The number of hydrogen-bond acceptors (Lipinski definition) is 2. The molecule has 17 heavy (non-hydrogen) atoms. The molecule has 1 atom stereocenters. The molecule has 0 saturated heterocycles. The van der Waals surface area contributed by atoms with Gasteiger partial charge >= 0.3 is 0 Å². The number of halogens is 2. The number of pyridine rings is 1. The molecule has 88 valence electrons. The lowest BCUT2D eigenvalue weighted by Crippen LogP contribution is -2.06. The predicted octanol–water partition coefficient (Wildman–Crippen LogP) is 4.67. The molecule has 2 nitrogen and oxygen atoms in total. The number of nitrogens with one attached hydrogen (secondary N) is 1. The van der Waals surface area contributed by atoms with E-state index in [4.69, 9.17) is 11.6 Å². The van der Waals surface area contributed by atoms with Gasteiger partial charge in [0.1, 0.15) is 0 Å². The minimum atomic E-state index is 0.202. The van der Waals surface area contributed by atoms with Gasteiger partial charge in [-0.15, -0.1) is 0 Å². The van der Waals surface area contributed by atoms with Gasteiger partial charge in [0, 0.05) is 27.9 Å². The largest absolute Gasteiger partial charge is 0.378 e. The summed E-state index contributed by atoms with van der Waals surface area (Å²) < 4.78 is 1.00. The van der Waals surface area contributed by atoms with Crippen LogP contribution in [0.25, 0.3) is 0 Å². The minimum absolute atomic E-state index is 0.202. The van der Waals surface area contributed by atoms with E-state index < -0.39 is 0 Å². The van der Waals surface area contributed by atoms with Gasteiger partial charge in [-0.1, -0.05) is 11.6 Å². The van der Waals surface area contributed by atoms with Gasteiger partial charge in [-0.2, -0.15) is 0 Å². The number of nitrogens with zero attached hydrogens (tertiary/aromatic N) is 1. The maximum absolute atomic E-state index is 5.98. The summed E-state index contributed by atoms with van der Waals surface area (Å²) in [5.41, 5.74) is 2.17. The Morgan fingerprint density at radius 2 is 1.94 bits per heavy atom. The van der Waals surface area contributed by atoms with Crippen LogP contribution in [0.2, 0.25) is 5.02 Å². The summed E-state index contributed by atoms with van der Waals surface area (Å²) in [5, 5.41) is 4.13. The quantitative estimate of drug-likeness (QED) is 0.891. The molecule has 0 spiro atoms. The molecule has 0 aliphatic carbocycles. The van der Waals surface area contributed by atoms with E-state index in [0.29, 0.717) is 0 Å². The molecular formula is C13H12BrClN2. The molecule has 0 saturated carbocycles. The first-order chi connectivity index (χ1) is 8.16. The highest BCUT2D eigenvalue weighted by atomic mass is 79.9. The van der Waals surface area contributed by atoms with Crippen molar-refractivity contribution in [3.63, 3.8) is 0 Å². The monoisotopic (exact) mass is 310 g/mol. The van der Waals surface area contributed by atoms with E-state index in [9.17, 15) is 0 Å². The molecule has 1 aromatic carbocycles. The average molecular weight is 312 g/mol. The van der Waals surface area contributed by atoms with Crippen molar-refractivity contribution in [3.8, 4) is 0 Å². The van der Waals surface area contributed by atoms with E-state index >= 15 is 0 Å². The highest BCUT2D eigenvalue weighted by Crippen LogP contribution is 2.29. The SMILES string of the molecule is CC(Nc1cc(Cl)ccc1Br)c1ccncc1. The van der Waals surface area contributed by atoms with Crippen LogP contribution in [0.15, 0.2) is 47.2 Å². The van der Waals surface area contributed by atoms with Crippen LogP contribution in [-0.2, 0) is 0 Å². The van der Waals surface area contributed by atoms with Crippen molar-refractivity contribution in [2.24, 2.45) is 0 Å². The first-order valence-corrected chi connectivity index (χ1v) is 6.45. The summed E-state index contributed by atoms with van der Waals surface area (Å²) >= 11 is 9.47. The zero-order valence-corrected chi connectivity index (χ0v) is 11.7. The molecule has 1 aromatic heterocycles. The van der Waals surface area contributed by atoms with Crippen molar-refractivity contribution in [1.82, 2.24) is 4.98 Å². The Balaban J connectivity index is 2.18. The fourth-order valence-electron chi connectivity index (χ4n) is 1.58. The third-order valence-corrected chi connectivity index (χ3v) is 3.43. The van der Waals surface area contributed by atoms with Crippen molar-refractivity contribution in [2.75, 3.05) is 5.32 Å². The van der Waals surface area contributed by atoms with E-state index in [1.165, 1.54) is 5.56 Å². The Morgan fingerprint density at radius 1 is 1.24 bits per heavy atom. The molecule has 1 unspecified atom stereocenters. The second-order valence-corrected chi connectivity index (χ2v) is 5.06. The van der Waals surface area contributed by atoms with Gasteiger partial charge in [-0.25, -0.2) is 0 Å². The van der Waals surface area contributed by atoms with E-state index in [1.54, 1.807) is 12.4 Å². The molecule has 0 amide bonds. The normalized spacial score (nSPS) is 12.2. The van der Waals surface area contributed by atoms with Crippen LogP contribution in [0.3, 0.4) is 0 Å². The maximum atomic E-state index is 5.98. The fraction of sp³-hybridized carbons (Fsp3) is 0.154. The molecule has 2 aromatic rings. The van der Waals surface area contributed by atoms with Crippen LogP contribution in [0.5, 0.6) is 0 Å². The van der Waals surface area contributed by atoms with Gasteiger partial charge in [-0.05, 0) is 58.7 Å². The van der Waals surface area contributed by atoms with Gasteiger partial charge in [0.05, 0.1) is 5.69 Å². The van der Waals surface area contributed by atoms with Crippen molar-refractivity contribution in [1.29, 1.82) is 0 Å². The zero-order valence-electron chi connectivity index (χ0n) is 9.32. The number of anilines is 1. The predicted molar refractivity (Wildman–Crippen MR) is 75.4 cm³/mol. The van der Waals surface area contributed by atoms with Gasteiger partial charge in [-0.3, -0.25) is 4.98 Å². The second kappa shape index (κ2) is 5.52. The lowest BCUT2D eigenvalue weighted by atomic mass is 10.1. The number of aromatic nitrogens is 1. The fourth-order valence-corrected chi connectivity index (χ4v) is 2.11. The topological polar surface area (TPSA) is 24.9 Å². The summed E-state index contributed by atoms with van der Waals surface area (Å²) in [7, 11) is 0. The standard InChI is InChI=1S/C13H12BrClN2/c1-9(10-4-6-16-7-5-10)17-13-8-11(15)2-3-12(13)14/h2-9,17H,1H3. The third-order valence-electron chi connectivity index (χ3n) is 2.51. The Bertz CT molecular complexity index is 502. The molecule has 0 bridgehead atoms. The van der Waals surface area contributed by atoms with Crippen LogP contribution in [0.1, 0.15) is 18.5 Å². The number of rotatable bonds is 3. The number of benzene rings is 1. The molecular weight excluding hydrogens is 300 g/mol. The van der Waals surface area contributed by atoms with Gasteiger partial charge in [0.15, 0.2) is 0 Å². The Morgan fingerprint density at radius 3 is 2.65 bits per heavy atom. The van der Waals surface area contributed by atoms with Gasteiger partial charge in [0.25, 0.3) is 0 Å². The summed E-state index contributed by atoms with van der Waals surface area (Å²) in [6.07, 6.45) is 3.58. The highest BCUT2D eigenvalue weighted by molar-refractivity contribution is 9.10. The van der Waals surface area contributed by atoms with Crippen LogP contribution < -0.4 is 5.32 Å².